The Morgan fingerprint density at radius 3 is 1.64 bits per heavy atom. The summed E-state index contributed by atoms with van der Waals surface area (Å²) in [5, 5.41) is 39.5. The largest absolute Gasteiger partial charge is 0.573 e. The van der Waals surface area contributed by atoms with Gasteiger partial charge in [-0.1, -0.05) is 30.3 Å². The van der Waals surface area contributed by atoms with Crippen molar-refractivity contribution in [2.75, 3.05) is 19.8 Å². The van der Waals surface area contributed by atoms with Gasteiger partial charge in [0.25, 0.3) is 0 Å². The maximum Gasteiger partial charge on any atom is 0.573 e. The summed E-state index contributed by atoms with van der Waals surface area (Å²) in [7, 11) is -3.18. The van der Waals surface area contributed by atoms with E-state index in [4.69, 9.17) is 15.8 Å². The number of nitrogens with zero attached hydrogens (tertiary/aromatic N) is 8. The van der Waals surface area contributed by atoms with Crippen molar-refractivity contribution in [1.29, 1.82) is 0 Å². The number of aromatic nitrogens is 8. The summed E-state index contributed by atoms with van der Waals surface area (Å²) in [5.41, 5.74) is 8.23. The molecule has 0 aliphatic heterocycles. The molecular formula is C33H34BF6N11O8S2. The van der Waals surface area contributed by atoms with Crippen LogP contribution in [-0.2, 0) is 40.6 Å². The van der Waals surface area contributed by atoms with Gasteiger partial charge in [0.15, 0.2) is 11.6 Å². The zero-order chi connectivity index (χ0) is 45.3. The van der Waals surface area contributed by atoms with Gasteiger partial charge < -0.3 is 25.3 Å². The van der Waals surface area contributed by atoms with Gasteiger partial charge in [0, 0.05) is 30.9 Å². The minimum atomic E-state index is -4.79. The van der Waals surface area contributed by atoms with Crippen molar-refractivity contribution in [3.8, 4) is 34.3 Å². The highest BCUT2D eigenvalue weighted by Gasteiger charge is 2.32. The van der Waals surface area contributed by atoms with E-state index in [1.54, 1.807) is 26.2 Å². The molecule has 0 saturated heterocycles. The molecule has 0 saturated carbocycles. The van der Waals surface area contributed by atoms with E-state index in [9.17, 15) is 43.2 Å². The third-order valence-corrected chi connectivity index (χ3v) is 10.7. The third-order valence-electron chi connectivity index (χ3n) is 7.90. The molecule has 61 heavy (non-hydrogen) atoms. The number of hydrogen-bond donors (Lipinski definition) is 5. The number of sulfonamides is 2. The van der Waals surface area contributed by atoms with E-state index in [1.807, 2.05) is 0 Å². The zero-order valence-electron chi connectivity index (χ0n) is 32.0. The molecule has 0 aliphatic carbocycles. The molecule has 2 aromatic heterocycles. The van der Waals surface area contributed by atoms with Crippen LogP contribution in [0.15, 0.2) is 94.7 Å². The monoisotopic (exact) mass is 901 g/mol. The van der Waals surface area contributed by atoms with Crippen LogP contribution in [0.2, 0.25) is 0 Å². The minimum Gasteiger partial charge on any atom is -0.423 e. The van der Waals surface area contributed by atoms with E-state index in [0.717, 1.165) is 12.1 Å². The van der Waals surface area contributed by atoms with E-state index in [1.165, 1.54) is 84.1 Å². The third kappa shape index (κ3) is 13.4. The Labute approximate surface area is 343 Å². The van der Waals surface area contributed by atoms with Gasteiger partial charge in [-0.3, -0.25) is 0 Å². The Bertz CT molecular complexity index is 2670. The van der Waals surface area contributed by atoms with Crippen molar-refractivity contribution in [3.05, 3.63) is 96.1 Å². The van der Waals surface area contributed by atoms with Crippen LogP contribution < -0.4 is 30.1 Å². The Morgan fingerprint density at radius 1 is 0.689 bits per heavy atom. The minimum absolute atomic E-state index is 0.0101. The molecule has 6 aromatic rings. The van der Waals surface area contributed by atoms with Crippen molar-refractivity contribution < 1.29 is 62.7 Å². The topological polar surface area (TPSA) is 264 Å². The number of tetrazole rings is 2. The fourth-order valence-corrected chi connectivity index (χ4v) is 6.59. The Kier molecular flexibility index (Phi) is 15.1. The highest BCUT2D eigenvalue weighted by molar-refractivity contribution is 7.89. The quantitative estimate of drug-likeness (QED) is 0.0707. The lowest BCUT2D eigenvalue weighted by Crippen LogP contribution is -2.30. The van der Waals surface area contributed by atoms with Gasteiger partial charge in [-0.2, -0.15) is 0 Å². The van der Waals surface area contributed by atoms with Crippen LogP contribution in [0.4, 0.5) is 32.0 Å². The first-order chi connectivity index (χ1) is 28.4. The fourth-order valence-electron chi connectivity index (χ4n) is 5.08. The highest BCUT2D eigenvalue weighted by atomic mass is 32.2. The van der Waals surface area contributed by atoms with E-state index in [2.05, 4.69) is 50.0 Å². The second-order valence-corrected chi connectivity index (χ2v) is 15.9. The number of nitrogens with two attached hydrogens (primary N) is 1. The molecule has 6 rings (SSSR count). The van der Waals surface area contributed by atoms with Gasteiger partial charge in [0.2, 0.25) is 20.0 Å². The summed E-state index contributed by atoms with van der Waals surface area (Å²) in [6.07, 6.45) is -9.37. The number of halogens is 6. The average molecular weight is 902 g/mol. The lowest BCUT2D eigenvalue weighted by Gasteiger charge is -2.13. The van der Waals surface area contributed by atoms with E-state index >= 15 is 0 Å². The summed E-state index contributed by atoms with van der Waals surface area (Å²) in [6.45, 7) is 0. The molecule has 6 N–H and O–H groups in total. The molecule has 2 heterocycles. The van der Waals surface area contributed by atoms with Crippen LogP contribution in [0, 0.1) is 0 Å². The summed E-state index contributed by atoms with van der Waals surface area (Å²) < 4.78 is 135. The van der Waals surface area contributed by atoms with Crippen molar-refractivity contribution in [3.63, 3.8) is 0 Å². The van der Waals surface area contributed by atoms with Crippen LogP contribution in [0.3, 0.4) is 0 Å². The number of alkyl halides is 6. The first kappa shape index (κ1) is 47.5. The normalized spacial score (nSPS) is 11.8. The number of benzene rings is 4. The van der Waals surface area contributed by atoms with Crippen molar-refractivity contribution in [1.82, 2.24) is 49.9 Å². The molecule has 0 radical (unpaired) electrons. The Balaban J connectivity index is 0.000000219. The van der Waals surface area contributed by atoms with Gasteiger partial charge in [-0.15, -0.1) is 36.5 Å². The number of anilines is 1. The van der Waals surface area contributed by atoms with Gasteiger partial charge in [0.1, 0.15) is 11.5 Å². The van der Waals surface area contributed by atoms with E-state index in [-0.39, 0.29) is 27.4 Å². The number of rotatable bonds is 11. The van der Waals surface area contributed by atoms with Gasteiger partial charge in [0.05, 0.1) is 9.79 Å². The van der Waals surface area contributed by atoms with Crippen LogP contribution in [0.25, 0.3) is 22.8 Å². The standard InChI is InChI=1S/C17H16F3N5O3S.C9H12N6O2S.C7H6BF3O3/c1-21-29(26,27)14-7-6-12(15(10-14)16-22-23-24-25(16)2)8-11-4-3-5-13(9-11)28-17(18,19)20;1-11-18(16,17)6-3-4-8(10)7(5-6)9-12-13-14-15(9)2;9-7(10,11)14-6-3-1-2-5(4-6)8(12)13/h3-7,9-10,21H,8H2,1-2H3;3-5,11H,10H2,1-2H3;1-4,12-13H. The smallest absolute Gasteiger partial charge is 0.423 e. The van der Waals surface area contributed by atoms with Crippen LogP contribution in [-0.4, -0.2) is 101 Å². The average Bonchev–Trinajstić information content (AvgIpc) is 3.81. The summed E-state index contributed by atoms with van der Waals surface area (Å²) in [5.74, 6) is -0.106. The molecule has 0 spiro atoms. The summed E-state index contributed by atoms with van der Waals surface area (Å²) >= 11 is 0. The molecule has 4 aromatic carbocycles. The number of hydrogen-bond acceptors (Lipinski definition) is 15. The Hall–Kier alpha value is -6.20. The Morgan fingerprint density at radius 2 is 1.16 bits per heavy atom. The van der Waals surface area contributed by atoms with Gasteiger partial charge >= 0.3 is 19.8 Å². The lowest BCUT2D eigenvalue weighted by molar-refractivity contribution is -0.275. The lowest BCUT2D eigenvalue weighted by atomic mass is 9.80. The molecule has 326 valence electrons. The van der Waals surface area contributed by atoms with Crippen molar-refractivity contribution in [2.45, 2.75) is 28.9 Å². The molecule has 0 fully saturated rings. The van der Waals surface area contributed by atoms with Crippen molar-refractivity contribution in [2.24, 2.45) is 14.1 Å². The second-order valence-electron chi connectivity index (χ2n) is 12.1. The number of ether oxygens (including phenoxy) is 2. The number of nitrogens with one attached hydrogen (secondary N) is 2. The maximum atomic E-state index is 12.5. The molecule has 0 amide bonds. The predicted octanol–water partition coefficient (Wildman–Crippen LogP) is 1.91. The first-order valence-corrected chi connectivity index (χ1v) is 19.8. The van der Waals surface area contributed by atoms with Crippen LogP contribution >= 0.6 is 0 Å². The number of aryl methyl sites for hydroxylation is 2. The second kappa shape index (κ2) is 19.5. The molecule has 28 heteroatoms. The molecule has 0 aliphatic rings. The van der Waals surface area contributed by atoms with Gasteiger partial charge in [-0.25, -0.2) is 35.6 Å². The molecule has 0 bridgehead atoms. The van der Waals surface area contributed by atoms with Crippen LogP contribution in [0.5, 0.6) is 11.5 Å². The SMILES string of the molecule is CNS(=O)(=O)c1ccc(Cc2cccc(OC(F)(F)F)c2)c(-c2nnnn2C)c1.CNS(=O)(=O)c1ccc(N)c(-c2nnnn2C)c1.OB(O)c1cccc(OC(F)(F)F)c1. The fraction of sp³-hybridized carbons (Fsp3) is 0.212. The molecule has 0 atom stereocenters. The predicted molar refractivity (Wildman–Crippen MR) is 204 cm³/mol. The maximum absolute atomic E-state index is 12.5. The van der Waals surface area contributed by atoms with Crippen LogP contribution in [0.1, 0.15) is 11.1 Å². The molecule has 0 unspecified atom stereocenters. The number of nitrogen functional groups attached to an aromatic ring is 1. The van der Waals surface area contributed by atoms with Crippen molar-refractivity contribution >= 4 is 38.3 Å². The summed E-state index contributed by atoms with van der Waals surface area (Å²) in [4.78, 5) is 0.119. The van der Waals surface area contributed by atoms with Gasteiger partial charge in [-0.05, 0) is 113 Å². The molecule has 19 nitrogen and oxygen atoms in total. The van der Waals surface area contributed by atoms with E-state index in [0.29, 0.717) is 39.6 Å². The summed E-state index contributed by atoms with van der Waals surface area (Å²) in [6, 6.07) is 18.8. The zero-order valence-corrected chi connectivity index (χ0v) is 33.6. The highest BCUT2D eigenvalue weighted by Crippen LogP contribution is 2.30. The first-order valence-electron chi connectivity index (χ1n) is 16.8. The van der Waals surface area contributed by atoms with E-state index < -0.39 is 45.6 Å². The molecular weight excluding hydrogens is 867 g/mol.